The lowest BCUT2D eigenvalue weighted by Crippen LogP contribution is -2.59. The predicted octanol–water partition coefficient (Wildman–Crippen LogP) is 5.84. The number of amides is 1. The number of rotatable bonds is 4. The van der Waals surface area contributed by atoms with E-state index in [1.54, 1.807) is 0 Å². The number of piperazine rings is 1. The molecule has 1 aromatic carbocycles. The number of alkyl halides is 3. The summed E-state index contributed by atoms with van der Waals surface area (Å²) in [6, 6.07) is 11.3. The molecule has 0 radical (unpaired) electrons. The number of anilines is 1. The van der Waals surface area contributed by atoms with Crippen LogP contribution in [-0.4, -0.2) is 65.5 Å². The van der Waals surface area contributed by atoms with E-state index < -0.39 is 11.7 Å². The van der Waals surface area contributed by atoms with Gasteiger partial charge in [-0.05, 0) is 61.9 Å². The number of hydrogen-bond donors (Lipinski definition) is 0. The Morgan fingerprint density at radius 1 is 1.14 bits per heavy atom. The van der Waals surface area contributed by atoms with Gasteiger partial charge in [-0.3, -0.25) is 9.69 Å². The molecule has 1 amide bonds. The van der Waals surface area contributed by atoms with E-state index in [9.17, 15) is 18.0 Å². The Morgan fingerprint density at radius 2 is 1.89 bits per heavy atom. The molecule has 5 nitrogen and oxygen atoms in total. The lowest BCUT2D eigenvalue weighted by molar-refractivity contribution is -0.137. The van der Waals surface area contributed by atoms with Gasteiger partial charge >= 0.3 is 6.18 Å². The Kier molecular flexibility index (Phi) is 7.02. The molecule has 1 saturated heterocycles. The molecule has 0 N–H and O–H groups in total. The van der Waals surface area contributed by atoms with E-state index in [0.29, 0.717) is 38.5 Å². The molecule has 9 heteroatoms. The minimum absolute atomic E-state index is 0.0624. The second-order valence-electron chi connectivity index (χ2n) is 10.1. The molecule has 0 aliphatic carbocycles. The summed E-state index contributed by atoms with van der Waals surface area (Å²) >= 11 is 1.82. The Balaban J connectivity index is 1.20. The van der Waals surface area contributed by atoms with Crippen LogP contribution in [0.5, 0.6) is 0 Å². The van der Waals surface area contributed by atoms with Crippen molar-refractivity contribution in [2.24, 2.45) is 0 Å². The van der Waals surface area contributed by atoms with Crippen molar-refractivity contribution in [2.75, 3.05) is 37.6 Å². The first-order chi connectivity index (χ1) is 17.6. The molecule has 1 fully saturated rings. The Bertz CT molecular complexity index is 1310. The molecule has 0 bridgehead atoms. The van der Waals surface area contributed by atoms with Gasteiger partial charge in [0.2, 0.25) is 5.91 Å². The lowest BCUT2D eigenvalue weighted by atomic mass is 9.98. The predicted molar refractivity (Wildman–Crippen MR) is 143 cm³/mol. The highest BCUT2D eigenvalue weighted by molar-refractivity contribution is 7.19. The van der Waals surface area contributed by atoms with E-state index >= 15 is 0 Å². The molecule has 4 heterocycles. The van der Waals surface area contributed by atoms with Gasteiger partial charge in [0.25, 0.3) is 0 Å². The summed E-state index contributed by atoms with van der Waals surface area (Å²) in [6.07, 6.45) is -0.489. The van der Waals surface area contributed by atoms with Crippen LogP contribution in [0.25, 0.3) is 15.7 Å². The van der Waals surface area contributed by atoms with Crippen LogP contribution >= 0.6 is 11.3 Å². The molecule has 0 saturated carbocycles. The Hall–Kier alpha value is -2.91. The fraction of sp³-hybridized carbons (Fsp3) is 0.429. The molecule has 2 aliphatic rings. The molecule has 0 unspecified atom stereocenters. The SMILES string of the molecule is Cc1cc2cccc(C3=CCN(C(=O)CN4[C@H](C)CN(c5ccc(C(F)(F)F)cn5)C[C@@H]4C)CC3)c2s1. The van der Waals surface area contributed by atoms with E-state index in [-0.39, 0.29) is 18.0 Å². The summed E-state index contributed by atoms with van der Waals surface area (Å²) in [7, 11) is 0. The van der Waals surface area contributed by atoms with Crippen molar-refractivity contribution in [2.45, 2.75) is 45.5 Å². The largest absolute Gasteiger partial charge is 0.417 e. The number of halogens is 3. The number of benzene rings is 1. The number of carbonyl (C=O) groups excluding carboxylic acids is 1. The fourth-order valence-electron chi connectivity index (χ4n) is 5.44. The van der Waals surface area contributed by atoms with Crippen LogP contribution < -0.4 is 4.90 Å². The van der Waals surface area contributed by atoms with Crippen LogP contribution in [-0.2, 0) is 11.0 Å². The second-order valence-corrected chi connectivity index (χ2v) is 11.3. The number of nitrogens with zero attached hydrogens (tertiary/aromatic N) is 4. The Morgan fingerprint density at radius 3 is 2.51 bits per heavy atom. The van der Waals surface area contributed by atoms with Gasteiger partial charge in [-0.15, -0.1) is 11.3 Å². The third-order valence-electron chi connectivity index (χ3n) is 7.39. The van der Waals surface area contributed by atoms with Crippen LogP contribution in [0.15, 0.2) is 48.7 Å². The highest BCUT2D eigenvalue weighted by Crippen LogP contribution is 2.35. The number of hydrogen-bond acceptors (Lipinski definition) is 5. The van der Waals surface area contributed by atoms with Gasteiger partial charge in [-0.25, -0.2) is 4.98 Å². The number of carbonyl (C=O) groups is 1. The van der Waals surface area contributed by atoms with Gasteiger partial charge in [0.15, 0.2) is 0 Å². The molecule has 3 aromatic rings. The molecular weight excluding hydrogens is 497 g/mol. The first-order valence-electron chi connectivity index (χ1n) is 12.6. The Labute approximate surface area is 219 Å². The average Bonchev–Trinajstić information content (AvgIpc) is 3.26. The van der Waals surface area contributed by atoms with Crippen LogP contribution in [0, 0.1) is 6.92 Å². The summed E-state index contributed by atoms with van der Waals surface area (Å²) in [5.74, 6) is 0.641. The quantitative estimate of drug-likeness (QED) is 0.427. The van der Waals surface area contributed by atoms with Gasteiger partial charge in [0.05, 0.1) is 12.1 Å². The highest BCUT2D eigenvalue weighted by Gasteiger charge is 2.34. The first kappa shape index (κ1) is 25.7. The third-order valence-corrected chi connectivity index (χ3v) is 8.49. The fourth-order valence-corrected chi connectivity index (χ4v) is 6.50. The molecule has 2 atom stereocenters. The molecule has 2 aliphatic heterocycles. The summed E-state index contributed by atoms with van der Waals surface area (Å²) < 4.78 is 40.0. The van der Waals surface area contributed by atoms with Crippen LogP contribution in [0.4, 0.5) is 19.0 Å². The van der Waals surface area contributed by atoms with Crippen molar-refractivity contribution in [3.8, 4) is 0 Å². The zero-order chi connectivity index (χ0) is 26.3. The number of fused-ring (bicyclic) bond motifs is 1. The molecule has 37 heavy (non-hydrogen) atoms. The number of aromatic nitrogens is 1. The average molecular weight is 529 g/mol. The van der Waals surface area contributed by atoms with Crippen molar-refractivity contribution < 1.29 is 18.0 Å². The van der Waals surface area contributed by atoms with Gasteiger partial charge in [0, 0.05) is 54.0 Å². The number of aryl methyl sites for hydroxylation is 1. The maximum atomic E-state index is 13.2. The van der Waals surface area contributed by atoms with E-state index in [2.05, 4.69) is 61.0 Å². The topological polar surface area (TPSA) is 39.7 Å². The molecule has 2 aromatic heterocycles. The van der Waals surface area contributed by atoms with Gasteiger partial charge in [-0.2, -0.15) is 13.2 Å². The zero-order valence-electron chi connectivity index (χ0n) is 21.3. The summed E-state index contributed by atoms with van der Waals surface area (Å²) in [5, 5.41) is 1.27. The lowest BCUT2D eigenvalue weighted by Gasteiger charge is -2.45. The molecule has 5 rings (SSSR count). The maximum absolute atomic E-state index is 13.2. The van der Waals surface area contributed by atoms with Gasteiger partial charge < -0.3 is 9.80 Å². The second kappa shape index (κ2) is 10.1. The van der Waals surface area contributed by atoms with E-state index in [1.165, 1.54) is 32.2 Å². The van der Waals surface area contributed by atoms with Crippen LogP contribution in [0.2, 0.25) is 0 Å². The van der Waals surface area contributed by atoms with E-state index in [4.69, 9.17) is 0 Å². The molecular formula is C28H31F3N4OS. The van der Waals surface area contributed by atoms with E-state index in [1.807, 2.05) is 21.1 Å². The molecule has 0 spiro atoms. The molecule has 196 valence electrons. The first-order valence-corrected chi connectivity index (χ1v) is 13.4. The van der Waals surface area contributed by atoms with E-state index in [0.717, 1.165) is 18.7 Å². The van der Waals surface area contributed by atoms with Crippen molar-refractivity contribution in [1.29, 1.82) is 0 Å². The standard InChI is InChI=1S/C28H31F3N4OS/c1-18-15-34(25-8-7-23(14-32-25)28(29,30)31)16-19(2)35(18)17-26(36)33-11-9-21(10-12-33)24-6-4-5-22-13-20(3)37-27(22)24/h4-9,13-14,18-19H,10-12,15-17H2,1-3H3/t18-,19+. The number of thiophene rings is 1. The van der Waals surface area contributed by atoms with Crippen molar-refractivity contribution in [3.05, 3.63) is 64.7 Å². The third kappa shape index (κ3) is 5.38. The van der Waals surface area contributed by atoms with Crippen molar-refractivity contribution in [1.82, 2.24) is 14.8 Å². The van der Waals surface area contributed by atoms with Gasteiger partial charge in [0.1, 0.15) is 5.82 Å². The van der Waals surface area contributed by atoms with Crippen LogP contribution in [0.1, 0.15) is 36.3 Å². The van der Waals surface area contributed by atoms with Crippen LogP contribution in [0.3, 0.4) is 0 Å². The number of pyridine rings is 1. The minimum Gasteiger partial charge on any atom is -0.354 e. The van der Waals surface area contributed by atoms with Crippen molar-refractivity contribution >= 4 is 38.7 Å². The highest BCUT2D eigenvalue weighted by atomic mass is 32.1. The minimum atomic E-state index is -4.40. The smallest absolute Gasteiger partial charge is 0.354 e. The van der Waals surface area contributed by atoms with Gasteiger partial charge in [-0.1, -0.05) is 24.3 Å². The monoisotopic (exact) mass is 528 g/mol. The van der Waals surface area contributed by atoms with Crippen molar-refractivity contribution in [3.63, 3.8) is 0 Å². The zero-order valence-corrected chi connectivity index (χ0v) is 22.1. The normalized spacial score (nSPS) is 21.4. The summed E-state index contributed by atoms with van der Waals surface area (Å²) in [6.45, 7) is 9.08. The maximum Gasteiger partial charge on any atom is 0.417 e. The summed E-state index contributed by atoms with van der Waals surface area (Å²) in [4.78, 5) is 24.7. The summed E-state index contributed by atoms with van der Waals surface area (Å²) in [5.41, 5.74) is 1.83.